The minimum Gasteiger partial charge on any atom is -0.362 e. The number of nitrogens with one attached hydrogen (secondary N) is 2. The summed E-state index contributed by atoms with van der Waals surface area (Å²) in [6.45, 7) is 3.03. The van der Waals surface area contributed by atoms with Gasteiger partial charge in [0, 0.05) is 12.6 Å². The smallest absolute Gasteiger partial charge is 0.238 e. The number of rotatable bonds is 6. The van der Waals surface area contributed by atoms with E-state index in [-0.39, 0.29) is 4.90 Å². The highest BCUT2D eigenvalue weighted by Crippen LogP contribution is 2.61. The van der Waals surface area contributed by atoms with Crippen molar-refractivity contribution in [2.24, 2.45) is 28.3 Å². The fraction of sp³-hybridized carbons (Fsp3) is 0.667. The Kier molecular flexibility index (Phi) is 5.44. The van der Waals surface area contributed by atoms with Gasteiger partial charge in [-0.2, -0.15) is 0 Å². The summed E-state index contributed by atoms with van der Waals surface area (Å²) in [7, 11) is -3.63. The largest absolute Gasteiger partial charge is 0.362 e. The molecule has 4 fully saturated rings. The van der Waals surface area contributed by atoms with Crippen LogP contribution in [0.5, 0.6) is 0 Å². The minimum atomic E-state index is -3.63. The second-order valence-electron chi connectivity index (χ2n) is 9.34. The van der Waals surface area contributed by atoms with Crippen molar-refractivity contribution in [3.8, 4) is 0 Å². The zero-order valence-electron chi connectivity index (χ0n) is 16.5. The van der Waals surface area contributed by atoms with Gasteiger partial charge in [0.15, 0.2) is 5.11 Å². The molecule has 0 unspecified atom stereocenters. The van der Waals surface area contributed by atoms with Crippen molar-refractivity contribution in [3.63, 3.8) is 0 Å². The van der Waals surface area contributed by atoms with Crippen molar-refractivity contribution in [1.29, 1.82) is 0 Å². The number of hydrogen-bond donors (Lipinski definition) is 3. The van der Waals surface area contributed by atoms with Crippen LogP contribution in [-0.4, -0.2) is 26.1 Å². The molecule has 4 aliphatic rings. The van der Waals surface area contributed by atoms with Gasteiger partial charge in [0.1, 0.15) is 0 Å². The van der Waals surface area contributed by atoms with Crippen LogP contribution in [0.25, 0.3) is 0 Å². The topological polar surface area (TPSA) is 84.2 Å². The minimum absolute atomic E-state index is 0.144. The first-order valence-electron chi connectivity index (χ1n) is 10.4. The van der Waals surface area contributed by atoms with Crippen LogP contribution in [0, 0.1) is 23.2 Å². The van der Waals surface area contributed by atoms with Gasteiger partial charge < -0.3 is 10.6 Å². The molecular formula is C21H31N3O2S2. The van der Waals surface area contributed by atoms with Crippen molar-refractivity contribution >= 4 is 27.4 Å². The van der Waals surface area contributed by atoms with E-state index in [0.717, 1.165) is 34.9 Å². The molecular weight excluding hydrogens is 390 g/mol. The Morgan fingerprint density at radius 1 is 1.14 bits per heavy atom. The van der Waals surface area contributed by atoms with Gasteiger partial charge in [-0.25, -0.2) is 13.6 Å². The highest BCUT2D eigenvalue weighted by molar-refractivity contribution is 7.89. The predicted octanol–water partition coefficient (Wildman–Crippen LogP) is 2.95. The summed E-state index contributed by atoms with van der Waals surface area (Å²) in [4.78, 5) is 0.144. The molecule has 0 aliphatic heterocycles. The Balaban J connectivity index is 1.26. The Bertz CT molecular complexity index is 800. The van der Waals surface area contributed by atoms with E-state index in [1.54, 1.807) is 24.3 Å². The van der Waals surface area contributed by atoms with E-state index in [0.29, 0.717) is 18.0 Å². The maximum atomic E-state index is 11.3. The molecule has 1 aromatic rings. The molecule has 4 bridgehead atoms. The van der Waals surface area contributed by atoms with E-state index < -0.39 is 10.0 Å². The SMILES string of the molecule is C[C@H](NC(=S)NCCc1ccc(S(N)(=O)=O)cc1)C12CC3CC(CC(C3)C1)C2. The van der Waals surface area contributed by atoms with E-state index in [9.17, 15) is 8.42 Å². The lowest BCUT2D eigenvalue weighted by molar-refractivity contribution is -0.0672. The zero-order valence-corrected chi connectivity index (χ0v) is 18.1. The first-order valence-corrected chi connectivity index (χ1v) is 12.3. The van der Waals surface area contributed by atoms with Gasteiger partial charge in [-0.3, -0.25) is 0 Å². The molecule has 5 rings (SSSR count). The van der Waals surface area contributed by atoms with Gasteiger partial charge in [-0.15, -0.1) is 0 Å². The van der Waals surface area contributed by atoms with Gasteiger partial charge >= 0.3 is 0 Å². The number of sulfonamides is 1. The fourth-order valence-electron chi connectivity index (χ4n) is 6.27. The van der Waals surface area contributed by atoms with Gasteiger partial charge in [0.2, 0.25) is 10.0 Å². The summed E-state index contributed by atoms with van der Waals surface area (Å²) in [6, 6.07) is 7.12. The molecule has 0 heterocycles. The number of thiocarbonyl (C=S) groups is 1. The molecule has 0 radical (unpaired) electrons. The fourth-order valence-corrected chi connectivity index (χ4v) is 7.07. The molecule has 0 saturated heterocycles. The Morgan fingerprint density at radius 3 is 2.18 bits per heavy atom. The van der Waals surface area contributed by atoms with E-state index in [1.807, 2.05) is 0 Å². The van der Waals surface area contributed by atoms with Crippen LogP contribution in [-0.2, 0) is 16.4 Å². The predicted molar refractivity (Wildman–Crippen MR) is 115 cm³/mol. The average Bonchev–Trinajstić information content (AvgIpc) is 2.60. The lowest BCUT2D eigenvalue weighted by Crippen LogP contribution is -2.57. The van der Waals surface area contributed by atoms with Crippen LogP contribution in [0.15, 0.2) is 29.2 Å². The molecule has 5 nitrogen and oxygen atoms in total. The molecule has 0 spiro atoms. The molecule has 4 aliphatic carbocycles. The molecule has 0 aromatic heterocycles. The number of hydrogen-bond acceptors (Lipinski definition) is 3. The summed E-state index contributed by atoms with van der Waals surface area (Å²) in [5.74, 6) is 2.83. The molecule has 7 heteroatoms. The molecule has 4 N–H and O–H groups in total. The van der Waals surface area contributed by atoms with Crippen LogP contribution >= 0.6 is 12.2 Å². The first kappa shape index (κ1) is 20.1. The Hall–Kier alpha value is -1.18. The normalized spacial score (nSPS) is 32.1. The lowest BCUT2D eigenvalue weighted by atomic mass is 9.48. The standard InChI is InChI=1S/C21H31N3O2S2/c1-14(21-11-16-8-17(12-21)10-18(9-16)13-21)24-20(27)23-7-6-15-2-4-19(5-3-15)28(22,25)26/h2-5,14,16-18H,6-13H2,1H3,(H2,22,25,26)(H2,23,24,27)/t14-,16?,17?,18?,21?/m0/s1. The monoisotopic (exact) mass is 421 g/mol. The molecule has 154 valence electrons. The van der Waals surface area contributed by atoms with Crippen LogP contribution in [0.3, 0.4) is 0 Å². The highest BCUT2D eigenvalue weighted by atomic mass is 32.2. The second-order valence-corrected chi connectivity index (χ2v) is 11.3. The third kappa shape index (κ3) is 4.21. The van der Waals surface area contributed by atoms with Gasteiger partial charge in [-0.1, -0.05) is 12.1 Å². The first-order chi connectivity index (χ1) is 13.2. The van der Waals surface area contributed by atoms with Crippen LogP contribution in [0.1, 0.15) is 51.0 Å². The van der Waals surface area contributed by atoms with E-state index in [1.165, 1.54) is 38.5 Å². The summed E-state index contributed by atoms with van der Waals surface area (Å²) in [5.41, 5.74) is 1.49. The third-order valence-electron chi connectivity index (χ3n) is 7.30. The van der Waals surface area contributed by atoms with Gasteiger partial charge in [0.25, 0.3) is 0 Å². The number of primary sulfonamides is 1. The summed E-state index contributed by atoms with van der Waals surface area (Å²) in [5, 5.41) is 12.8. The summed E-state index contributed by atoms with van der Waals surface area (Å²) < 4.78 is 22.6. The molecule has 4 saturated carbocycles. The van der Waals surface area contributed by atoms with Crippen LogP contribution in [0.2, 0.25) is 0 Å². The second kappa shape index (κ2) is 7.58. The molecule has 0 amide bonds. The van der Waals surface area contributed by atoms with Gasteiger partial charge in [0.05, 0.1) is 4.90 Å². The molecule has 1 atom stereocenters. The quantitative estimate of drug-likeness (QED) is 0.615. The van der Waals surface area contributed by atoms with Crippen molar-refractivity contribution in [2.75, 3.05) is 6.54 Å². The van der Waals surface area contributed by atoms with Gasteiger partial charge in [-0.05, 0) is 105 Å². The van der Waals surface area contributed by atoms with Crippen molar-refractivity contribution in [1.82, 2.24) is 10.6 Å². The van der Waals surface area contributed by atoms with Crippen molar-refractivity contribution in [3.05, 3.63) is 29.8 Å². The van der Waals surface area contributed by atoms with Crippen LogP contribution in [0.4, 0.5) is 0 Å². The summed E-state index contributed by atoms with van der Waals surface area (Å²) >= 11 is 5.55. The zero-order chi connectivity index (χ0) is 19.9. The van der Waals surface area contributed by atoms with Crippen LogP contribution < -0.4 is 15.8 Å². The van der Waals surface area contributed by atoms with Crippen molar-refractivity contribution < 1.29 is 8.42 Å². The number of nitrogens with two attached hydrogens (primary N) is 1. The highest BCUT2D eigenvalue weighted by Gasteiger charge is 2.53. The van der Waals surface area contributed by atoms with E-state index in [4.69, 9.17) is 17.4 Å². The Labute approximate surface area is 173 Å². The molecule has 1 aromatic carbocycles. The maximum absolute atomic E-state index is 11.3. The number of benzene rings is 1. The van der Waals surface area contributed by atoms with E-state index >= 15 is 0 Å². The summed E-state index contributed by atoms with van der Waals surface area (Å²) in [6.07, 6.45) is 9.25. The molecule has 28 heavy (non-hydrogen) atoms. The van der Waals surface area contributed by atoms with Crippen molar-refractivity contribution in [2.45, 2.75) is 62.8 Å². The maximum Gasteiger partial charge on any atom is 0.238 e. The average molecular weight is 422 g/mol. The lowest BCUT2D eigenvalue weighted by Gasteiger charge is -2.59. The van der Waals surface area contributed by atoms with E-state index in [2.05, 4.69) is 17.6 Å². The Morgan fingerprint density at radius 2 is 1.68 bits per heavy atom. The third-order valence-corrected chi connectivity index (χ3v) is 8.49.